The van der Waals surface area contributed by atoms with E-state index in [1.165, 1.54) is 18.2 Å². The molecule has 4 aromatic rings. The Bertz CT molecular complexity index is 1960. The molecule has 2 aromatic carbocycles. The van der Waals surface area contributed by atoms with Crippen LogP contribution in [-0.2, 0) is 6.42 Å². The van der Waals surface area contributed by atoms with E-state index in [2.05, 4.69) is 25.1 Å². The number of anilines is 1. The van der Waals surface area contributed by atoms with Crippen LogP contribution in [0.15, 0.2) is 36.2 Å². The van der Waals surface area contributed by atoms with E-state index in [1.807, 2.05) is 13.1 Å². The summed E-state index contributed by atoms with van der Waals surface area (Å²) >= 11 is 0. The molecule has 4 atom stereocenters. The van der Waals surface area contributed by atoms with Crippen molar-refractivity contribution >= 4 is 27.5 Å². The first-order valence-corrected chi connectivity index (χ1v) is 15.6. The van der Waals surface area contributed by atoms with Gasteiger partial charge in [-0.2, -0.15) is 9.97 Å². The first kappa shape index (κ1) is 27.0. The Balaban J connectivity index is 1.25. The Labute approximate surface area is 256 Å². The lowest BCUT2D eigenvalue weighted by atomic mass is 9.94. The second-order valence-corrected chi connectivity index (χ2v) is 12.8. The second kappa shape index (κ2) is 9.59. The Hall–Kier alpha value is -4.32. The number of benzene rings is 2. The maximum Gasteiger partial charge on any atom is 0.319 e. The van der Waals surface area contributed by atoms with Crippen molar-refractivity contribution in [3.05, 3.63) is 53.4 Å². The number of nitrogens with zero attached hydrogens (tertiary/aromatic N) is 5. The number of hydrogen-bond acceptors (Lipinski definition) is 9. The lowest BCUT2D eigenvalue weighted by molar-refractivity contribution is 0.107. The minimum Gasteiger partial charge on any atom is -0.508 e. The molecule has 3 saturated heterocycles. The van der Waals surface area contributed by atoms with Gasteiger partial charge in [0.1, 0.15) is 47.5 Å². The lowest BCUT2D eigenvalue weighted by Crippen LogP contribution is -2.46. The van der Waals surface area contributed by atoms with Crippen LogP contribution in [0.3, 0.4) is 0 Å². The van der Waals surface area contributed by atoms with Crippen molar-refractivity contribution in [3.8, 4) is 28.9 Å². The van der Waals surface area contributed by atoms with E-state index in [4.69, 9.17) is 14.5 Å². The Morgan fingerprint density at radius 2 is 2.07 bits per heavy atom. The molecule has 9 nitrogen and oxygen atoms in total. The zero-order valence-corrected chi connectivity index (χ0v) is 24.6. The van der Waals surface area contributed by atoms with Crippen molar-refractivity contribution in [1.29, 1.82) is 0 Å². The predicted molar refractivity (Wildman–Crippen MR) is 161 cm³/mol. The van der Waals surface area contributed by atoms with E-state index < -0.39 is 23.3 Å². The van der Waals surface area contributed by atoms with Crippen molar-refractivity contribution in [1.82, 2.24) is 25.2 Å². The fraction of sp³-hybridized carbons (Fsp3) is 0.424. The van der Waals surface area contributed by atoms with E-state index in [9.17, 15) is 9.50 Å². The Morgan fingerprint density at radius 1 is 1.18 bits per heavy atom. The molecule has 0 radical (unpaired) electrons. The summed E-state index contributed by atoms with van der Waals surface area (Å²) in [5.74, 6) is -0.695. The number of alkyl halides is 1. The minimum absolute atomic E-state index is 0.0129. The first-order chi connectivity index (χ1) is 21.8. The minimum atomic E-state index is -0.919. The third-order valence-corrected chi connectivity index (χ3v) is 10.3. The van der Waals surface area contributed by atoms with E-state index in [1.54, 1.807) is 6.07 Å². The zero-order valence-electron chi connectivity index (χ0n) is 24.6. The SMILES string of the molecule is CCc1c(F)ccc2cc(O)cc(-c3nc4c5c(nc(OCC67CCCN6CC(F)C7)nc5c3F)N3C5=CNC(C5)C3CO4)c12. The monoisotopic (exact) mass is 616 g/mol. The van der Waals surface area contributed by atoms with Crippen LogP contribution in [0, 0.1) is 11.6 Å². The third kappa shape index (κ3) is 3.87. The third-order valence-electron chi connectivity index (χ3n) is 10.3. The van der Waals surface area contributed by atoms with Gasteiger partial charge in [-0.15, -0.1) is 0 Å². The van der Waals surface area contributed by atoms with Gasteiger partial charge < -0.3 is 24.8 Å². The number of phenols is 1. The molecule has 3 fully saturated rings. The number of ether oxygens (including phenoxy) is 2. The maximum atomic E-state index is 17.0. The molecular formula is C33H31F3N6O3. The topological polar surface area (TPSA) is 95.9 Å². The van der Waals surface area contributed by atoms with Crippen LogP contribution in [0.1, 0.15) is 38.2 Å². The van der Waals surface area contributed by atoms with Gasteiger partial charge in [0.05, 0.1) is 17.6 Å². The van der Waals surface area contributed by atoms with Crippen molar-refractivity contribution in [2.45, 2.75) is 62.8 Å². The van der Waals surface area contributed by atoms with Gasteiger partial charge in [0.25, 0.3) is 0 Å². The molecule has 2 N–H and O–H groups in total. The number of hydrogen-bond donors (Lipinski definition) is 2. The van der Waals surface area contributed by atoms with Gasteiger partial charge >= 0.3 is 6.01 Å². The Morgan fingerprint density at radius 3 is 2.93 bits per heavy atom. The summed E-state index contributed by atoms with van der Waals surface area (Å²) in [6.07, 6.45) is 4.29. The van der Waals surface area contributed by atoms with E-state index in [-0.39, 0.29) is 59.7 Å². The van der Waals surface area contributed by atoms with Crippen LogP contribution in [0.2, 0.25) is 0 Å². The quantitative estimate of drug-likeness (QED) is 0.317. The number of pyridine rings is 1. The highest BCUT2D eigenvalue weighted by Crippen LogP contribution is 2.47. The summed E-state index contributed by atoms with van der Waals surface area (Å²) in [4.78, 5) is 18.3. The largest absolute Gasteiger partial charge is 0.508 e. The van der Waals surface area contributed by atoms with Gasteiger partial charge in [-0.1, -0.05) is 13.0 Å². The molecule has 0 spiro atoms. The summed E-state index contributed by atoms with van der Waals surface area (Å²) < 4.78 is 59.1. The van der Waals surface area contributed by atoms with Crippen LogP contribution in [0.5, 0.6) is 17.6 Å². The van der Waals surface area contributed by atoms with Gasteiger partial charge in [-0.25, -0.2) is 18.2 Å². The number of aryl methyl sites for hydroxylation is 1. The highest BCUT2D eigenvalue weighted by molar-refractivity contribution is 6.03. The van der Waals surface area contributed by atoms with Crippen LogP contribution < -0.4 is 19.7 Å². The van der Waals surface area contributed by atoms with Gasteiger partial charge in [0.15, 0.2) is 11.6 Å². The molecule has 45 heavy (non-hydrogen) atoms. The molecule has 0 aliphatic carbocycles. The summed E-state index contributed by atoms with van der Waals surface area (Å²) in [5, 5.41) is 15.4. The van der Waals surface area contributed by atoms with Crippen molar-refractivity contribution in [2.75, 3.05) is 31.2 Å². The number of phenolic OH excluding ortho intramolecular Hbond substituents is 1. The summed E-state index contributed by atoms with van der Waals surface area (Å²) in [5.41, 5.74) is 1.02. The number of aromatic hydroxyl groups is 1. The molecular weight excluding hydrogens is 585 g/mol. The first-order valence-electron chi connectivity index (χ1n) is 15.6. The summed E-state index contributed by atoms with van der Waals surface area (Å²) in [6.45, 7) is 3.47. The normalized spacial score (nSPS) is 26.5. The molecule has 5 aliphatic rings. The van der Waals surface area contributed by atoms with Crippen molar-refractivity contribution in [3.63, 3.8) is 0 Å². The molecule has 0 amide bonds. The van der Waals surface area contributed by atoms with Crippen LogP contribution >= 0.6 is 0 Å². The maximum absolute atomic E-state index is 17.0. The molecule has 2 aromatic heterocycles. The number of nitrogens with one attached hydrogen (secondary N) is 1. The molecule has 5 aliphatic heterocycles. The molecule has 2 bridgehead atoms. The van der Waals surface area contributed by atoms with E-state index >= 15 is 8.78 Å². The fourth-order valence-electron chi connectivity index (χ4n) is 8.31. The zero-order chi connectivity index (χ0) is 30.6. The van der Waals surface area contributed by atoms with Gasteiger partial charge in [0, 0.05) is 36.8 Å². The van der Waals surface area contributed by atoms with Crippen LogP contribution in [0.4, 0.5) is 19.0 Å². The molecule has 232 valence electrons. The Kier molecular flexibility index (Phi) is 5.76. The highest BCUT2D eigenvalue weighted by Gasteiger charge is 2.50. The van der Waals surface area contributed by atoms with Crippen LogP contribution in [-0.4, -0.2) is 75.1 Å². The highest BCUT2D eigenvalue weighted by atomic mass is 19.1. The van der Waals surface area contributed by atoms with Gasteiger partial charge in [-0.05, 0) is 60.3 Å². The van der Waals surface area contributed by atoms with Gasteiger partial charge in [0.2, 0.25) is 5.88 Å². The van der Waals surface area contributed by atoms with Crippen LogP contribution in [0.25, 0.3) is 32.9 Å². The number of fused-ring (bicyclic) bond motifs is 8. The number of aromatic nitrogens is 3. The van der Waals surface area contributed by atoms with Gasteiger partial charge in [-0.3, -0.25) is 4.90 Å². The molecule has 9 rings (SSSR count). The lowest BCUT2D eigenvalue weighted by Gasteiger charge is -2.32. The number of rotatable bonds is 5. The molecule has 4 unspecified atom stereocenters. The smallest absolute Gasteiger partial charge is 0.319 e. The standard InChI is InChI=1S/C33H31F3N6O3/c1-2-20-22(35)5-4-16-8-19(43)10-21(25(16)20)28-27(36)29-26-30(42-18-9-23(37-12-18)24(42)14-44-31(26)38-28)40-32(39-29)45-15-33-6-3-7-41(33)13-17(34)11-33/h4-5,8,10,12,17,23-24,37,43H,2-3,6-7,9,11,13-15H2,1H3. The molecule has 12 heteroatoms. The molecule has 7 heterocycles. The second-order valence-electron chi connectivity index (χ2n) is 12.8. The van der Waals surface area contributed by atoms with Crippen molar-refractivity contribution < 1.29 is 27.8 Å². The fourth-order valence-corrected chi connectivity index (χ4v) is 8.31. The van der Waals surface area contributed by atoms with E-state index in [0.717, 1.165) is 31.5 Å². The van der Waals surface area contributed by atoms with E-state index in [0.29, 0.717) is 46.9 Å². The summed E-state index contributed by atoms with van der Waals surface area (Å²) in [7, 11) is 0. The van der Waals surface area contributed by atoms with Crippen molar-refractivity contribution in [2.24, 2.45) is 0 Å². The predicted octanol–water partition coefficient (Wildman–Crippen LogP) is 5.13. The average molecular weight is 617 g/mol. The summed E-state index contributed by atoms with van der Waals surface area (Å²) in [6, 6.07) is 5.78. The number of halogens is 3. The average Bonchev–Trinajstić information content (AvgIpc) is 3.78. The molecule has 0 saturated carbocycles.